The van der Waals surface area contributed by atoms with Crippen LogP contribution in [0.1, 0.15) is 17.3 Å². The second-order valence-electron chi connectivity index (χ2n) is 5.44. The van der Waals surface area contributed by atoms with Crippen molar-refractivity contribution in [3.05, 3.63) is 53.8 Å². The molecule has 1 aliphatic heterocycles. The number of halogens is 1. The topological polar surface area (TPSA) is 73.0 Å². The van der Waals surface area contributed by atoms with Gasteiger partial charge in [0, 0.05) is 0 Å². The highest BCUT2D eigenvalue weighted by Gasteiger charge is 2.25. The van der Waals surface area contributed by atoms with E-state index in [1.54, 1.807) is 0 Å². The Labute approximate surface area is 138 Å². The van der Waals surface area contributed by atoms with E-state index in [0.717, 1.165) is 12.1 Å². The maximum Gasteiger partial charge on any atom is 0.206 e. The summed E-state index contributed by atoms with van der Waals surface area (Å²) in [5.74, 6) is -0.665. The van der Waals surface area contributed by atoms with Crippen molar-refractivity contribution < 1.29 is 27.1 Å². The maximum absolute atomic E-state index is 13.3. The number of hydrogen-bond donors (Lipinski definition) is 0. The first-order chi connectivity index (χ1) is 11.4. The molecular weight excluding hydrogens is 335 g/mol. The second-order valence-corrected chi connectivity index (χ2v) is 7.39. The van der Waals surface area contributed by atoms with Gasteiger partial charge in [0.2, 0.25) is 9.84 Å². The number of ether oxygens (including phenoxy) is 2. The molecule has 1 aliphatic rings. The highest BCUT2D eigenvalue weighted by Crippen LogP contribution is 2.28. The first kappa shape index (κ1) is 16.6. The molecule has 2 aromatic carbocycles. The van der Waals surface area contributed by atoms with E-state index in [1.807, 2.05) is 0 Å². The van der Waals surface area contributed by atoms with Gasteiger partial charge < -0.3 is 9.47 Å². The van der Waals surface area contributed by atoms with E-state index in [-0.39, 0.29) is 27.2 Å². The van der Waals surface area contributed by atoms with Gasteiger partial charge in [-0.2, -0.15) is 0 Å². The zero-order valence-electron chi connectivity index (χ0n) is 12.9. The van der Waals surface area contributed by atoms with Crippen molar-refractivity contribution in [1.82, 2.24) is 0 Å². The number of Topliss-reactive ketones (excluding diaryl/α,β-unsaturated/α-hetero) is 1. The standard InChI is InChI=1S/C17H15FO5S/c1-11(19)16-8-15(5-6-17(16)23-10-13-9-22-13)24(20,21)14-4-2-3-12(18)7-14/h2-8,13H,9-10H2,1H3/t13-/m1/s1. The summed E-state index contributed by atoms with van der Waals surface area (Å²) >= 11 is 0. The molecular formula is C17H15FO5S. The number of carbonyl (C=O) groups excluding carboxylic acids is 1. The van der Waals surface area contributed by atoms with E-state index in [1.165, 1.54) is 37.3 Å². The lowest BCUT2D eigenvalue weighted by atomic mass is 10.1. The lowest BCUT2D eigenvalue weighted by Gasteiger charge is -2.11. The minimum Gasteiger partial charge on any atom is -0.490 e. The third-order valence-corrected chi connectivity index (χ3v) is 5.32. The third kappa shape index (κ3) is 3.47. The monoisotopic (exact) mass is 350 g/mol. The summed E-state index contributed by atoms with van der Waals surface area (Å²) in [7, 11) is -3.93. The molecule has 5 nitrogen and oxygen atoms in total. The van der Waals surface area contributed by atoms with E-state index < -0.39 is 15.7 Å². The van der Waals surface area contributed by atoms with Crippen LogP contribution in [-0.4, -0.2) is 33.5 Å². The van der Waals surface area contributed by atoms with Crippen molar-refractivity contribution >= 4 is 15.6 Å². The van der Waals surface area contributed by atoms with Crippen molar-refractivity contribution in [1.29, 1.82) is 0 Å². The smallest absolute Gasteiger partial charge is 0.206 e. The van der Waals surface area contributed by atoms with Gasteiger partial charge in [-0.25, -0.2) is 12.8 Å². The highest BCUT2D eigenvalue weighted by molar-refractivity contribution is 7.91. The van der Waals surface area contributed by atoms with E-state index in [0.29, 0.717) is 19.0 Å². The van der Waals surface area contributed by atoms with Crippen LogP contribution in [0.25, 0.3) is 0 Å². The van der Waals surface area contributed by atoms with Crippen LogP contribution in [0.15, 0.2) is 52.3 Å². The van der Waals surface area contributed by atoms with E-state index in [2.05, 4.69) is 0 Å². The Hall–Kier alpha value is -2.25. The number of rotatable bonds is 6. The Bertz CT molecular complexity index is 888. The Morgan fingerprint density at radius 2 is 1.96 bits per heavy atom. The molecule has 0 aromatic heterocycles. The third-order valence-electron chi connectivity index (χ3n) is 3.57. The number of ketones is 1. The average molecular weight is 350 g/mol. The van der Waals surface area contributed by atoms with Crippen molar-refractivity contribution in [2.24, 2.45) is 0 Å². The summed E-state index contributed by atoms with van der Waals surface area (Å²) in [5.41, 5.74) is 0.160. The lowest BCUT2D eigenvalue weighted by molar-refractivity contribution is 0.101. The van der Waals surface area contributed by atoms with E-state index >= 15 is 0 Å². The largest absolute Gasteiger partial charge is 0.490 e. The fraction of sp³-hybridized carbons (Fsp3) is 0.235. The minimum absolute atomic E-state index is 0.0144. The van der Waals surface area contributed by atoms with Gasteiger partial charge in [-0.05, 0) is 43.3 Å². The molecule has 1 saturated heterocycles. The number of sulfone groups is 1. The summed E-state index contributed by atoms with van der Waals surface area (Å²) in [6, 6.07) is 8.77. The van der Waals surface area contributed by atoms with Gasteiger partial charge in [-0.15, -0.1) is 0 Å². The molecule has 0 radical (unpaired) electrons. The molecule has 1 atom stereocenters. The van der Waals surface area contributed by atoms with E-state index in [9.17, 15) is 17.6 Å². The van der Waals surface area contributed by atoms with Gasteiger partial charge in [0.15, 0.2) is 5.78 Å². The molecule has 0 spiro atoms. The van der Waals surface area contributed by atoms with Gasteiger partial charge in [0.1, 0.15) is 24.3 Å². The molecule has 0 bridgehead atoms. The van der Waals surface area contributed by atoms with Crippen LogP contribution in [0, 0.1) is 5.82 Å². The van der Waals surface area contributed by atoms with Gasteiger partial charge in [0.25, 0.3) is 0 Å². The molecule has 0 unspecified atom stereocenters. The Balaban J connectivity index is 1.98. The van der Waals surface area contributed by atoms with Gasteiger partial charge >= 0.3 is 0 Å². The molecule has 1 heterocycles. The highest BCUT2D eigenvalue weighted by atomic mass is 32.2. The molecule has 0 N–H and O–H groups in total. The van der Waals surface area contributed by atoms with Crippen molar-refractivity contribution in [3.8, 4) is 5.75 Å². The molecule has 1 fully saturated rings. The number of benzene rings is 2. The van der Waals surface area contributed by atoms with E-state index in [4.69, 9.17) is 9.47 Å². The Morgan fingerprint density at radius 3 is 2.58 bits per heavy atom. The quantitative estimate of drug-likeness (QED) is 0.591. The average Bonchev–Trinajstić information content (AvgIpc) is 3.37. The first-order valence-electron chi connectivity index (χ1n) is 7.28. The minimum atomic E-state index is -3.93. The maximum atomic E-state index is 13.3. The van der Waals surface area contributed by atoms with Gasteiger partial charge in [-0.1, -0.05) is 6.07 Å². The lowest BCUT2D eigenvalue weighted by Crippen LogP contribution is -2.09. The Morgan fingerprint density at radius 1 is 1.25 bits per heavy atom. The summed E-state index contributed by atoms with van der Waals surface area (Å²) in [6.45, 7) is 2.24. The summed E-state index contributed by atoms with van der Waals surface area (Å²) < 4.78 is 49.1. The summed E-state index contributed by atoms with van der Waals surface area (Å²) in [4.78, 5) is 11.6. The number of epoxide rings is 1. The van der Waals surface area contributed by atoms with Crippen LogP contribution < -0.4 is 4.74 Å². The van der Waals surface area contributed by atoms with Crippen LogP contribution >= 0.6 is 0 Å². The zero-order chi connectivity index (χ0) is 17.3. The fourth-order valence-electron chi connectivity index (χ4n) is 2.19. The predicted molar refractivity (Wildman–Crippen MR) is 83.5 cm³/mol. The van der Waals surface area contributed by atoms with Crippen LogP contribution in [-0.2, 0) is 14.6 Å². The molecule has 2 aromatic rings. The van der Waals surface area contributed by atoms with Crippen molar-refractivity contribution in [2.45, 2.75) is 22.8 Å². The van der Waals surface area contributed by atoms with Crippen molar-refractivity contribution in [2.75, 3.05) is 13.2 Å². The van der Waals surface area contributed by atoms with Gasteiger partial charge in [-0.3, -0.25) is 4.79 Å². The van der Waals surface area contributed by atoms with Gasteiger partial charge in [0.05, 0.1) is 22.0 Å². The SMILES string of the molecule is CC(=O)c1cc(S(=O)(=O)c2cccc(F)c2)ccc1OC[C@H]1CO1. The molecule has 126 valence electrons. The van der Waals surface area contributed by atoms with Crippen LogP contribution in [0.4, 0.5) is 4.39 Å². The van der Waals surface area contributed by atoms with Crippen LogP contribution in [0.5, 0.6) is 5.75 Å². The molecule has 7 heteroatoms. The Kier molecular flexibility index (Phi) is 4.38. The molecule has 24 heavy (non-hydrogen) atoms. The fourth-order valence-corrected chi connectivity index (χ4v) is 3.51. The number of hydrogen-bond acceptors (Lipinski definition) is 5. The van der Waals surface area contributed by atoms with Crippen LogP contribution in [0.2, 0.25) is 0 Å². The van der Waals surface area contributed by atoms with Crippen molar-refractivity contribution in [3.63, 3.8) is 0 Å². The predicted octanol–water partition coefficient (Wildman–Crippen LogP) is 2.64. The summed E-state index contributed by atoms with van der Waals surface area (Å²) in [6.07, 6.45) is 0.0144. The van der Waals surface area contributed by atoms with Crippen LogP contribution in [0.3, 0.4) is 0 Å². The number of carbonyl (C=O) groups is 1. The summed E-state index contributed by atoms with van der Waals surface area (Å²) in [5, 5.41) is 0. The second kappa shape index (κ2) is 6.33. The first-order valence-corrected chi connectivity index (χ1v) is 8.76. The molecule has 0 aliphatic carbocycles. The molecule has 0 saturated carbocycles. The normalized spacial score (nSPS) is 16.7. The molecule has 0 amide bonds. The zero-order valence-corrected chi connectivity index (χ0v) is 13.7. The molecule has 3 rings (SSSR count).